The van der Waals surface area contributed by atoms with E-state index in [0.717, 1.165) is 18.7 Å². The lowest BCUT2D eigenvalue weighted by atomic mass is 9.87. The number of carboxylic acid groups (broad SMARTS) is 1. The van der Waals surface area contributed by atoms with Gasteiger partial charge in [0.2, 0.25) is 0 Å². The summed E-state index contributed by atoms with van der Waals surface area (Å²) in [4.78, 5) is 13.4. The number of carbonyl (C=O) groups is 1. The van der Waals surface area contributed by atoms with E-state index in [2.05, 4.69) is 56.9 Å². The highest BCUT2D eigenvalue weighted by Gasteiger charge is 2.18. The lowest BCUT2D eigenvalue weighted by molar-refractivity contribution is -0.140. The van der Waals surface area contributed by atoms with Crippen LogP contribution in [0.2, 0.25) is 0 Å². The van der Waals surface area contributed by atoms with E-state index in [1.54, 1.807) is 6.92 Å². The molecule has 0 saturated carbocycles. The summed E-state index contributed by atoms with van der Waals surface area (Å²) in [5.74, 6) is -1.09. The summed E-state index contributed by atoms with van der Waals surface area (Å²) < 4.78 is 0. The Hall–Kier alpha value is -1.51. The Balaban J connectivity index is 2.87. The second-order valence-corrected chi connectivity index (χ2v) is 7.19. The van der Waals surface area contributed by atoms with Gasteiger partial charge in [-0.2, -0.15) is 0 Å². The molecule has 0 spiro atoms. The van der Waals surface area contributed by atoms with Crippen LogP contribution >= 0.6 is 0 Å². The smallest absolute Gasteiger partial charge is 0.308 e. The molecule has 1 rings (SSSR count). The quantitative estimate of drug-likeness (QED) is 0.708. The van der Waals surface area contributed by atoms with E-state index < -0.39 is 5.97 Å². The van der Waals surface area contributed by atoms with Crippen molar-refractivity contribution in [3.05, 3.63) is 29.8 Å². The highest BCUT2D eigenvalue weighted by atomic mass is 16.4. The van der Waals surface area contributed by atoms with Crippen molar-refractivity contribution in [3.63, 3.8) is 0 Å². The van der Waals surface area contributed by atoms with Gasteiger partial charge in [-0.3, -0.25) is 4.79 Å². The number of hydrogen-bond acceptors (Lipinski definition) is 2. The number of anilines is 1. The topological polar surface area (TPSA) is 40.5 Å². The summed E-state index contributed by atoms with van der Waals surface area (Å²) in [7, 11) is 0. The number of unbranched alkanes of at least 4 members (excludes halogenated alkanes) is 2. The summed E-state index contributed by atoms with van der Waals surface area (Å²) in [6.07, 6.45) is 3.45. The molecule has 3 heteroatoms. The van der Waals surface area contributed by atoms with Crippen LogP contribution in [0.4, 0.5) is 5.69 Å². The maximum absolute atomic E-state index is 11.2. The molecular weight excluding hydrogens is 274 g/mol. The number of hydrogen-bond donors (Lipinski definition) is 1. The van der Waals surface area contributed by atoms with Crippen molar-refractivity contribution in [1.82, 2.24) is 0 Å². The minimum Gasteiger partial charge on any atom is -0.481 e. The number of rotatable bonds is 8. The van der Waals surface area contributed by atoms with Crippen molar-refractivity contribution >= 4 is 11.7 Å². The fourth-order valence-electron chi connectivity index (χ4n) is 2.46. The van der Waals surface area contributed by atoms with Crippen LogP contribution in [-0.4, -0.2) is 24.2 Å². The van der Waals surface area contributed by atoms with E-state index in [-0.39, 0.29) is 11.3 Å². The van der Waals surface area contributed by atoms with Crippen molar-refractivity contribution in [3.8, 4) is 0 Å². The SMILES string of the molecule is CCCCCN(CC(C)C(=O)O)c1ccc(C(C)(C)C)cc1. The van der Waals surface area contributed by atoms with Gasteiger partial charge in [0.25, 0.3) is 0 Å². The van der Waals surface area contributed by atoms with E-state index in [1.807, 2.05) is 0 Å². The monoisotopic (exact) mass is 305 g/mol. The van der Waals surface area contributed by atoms with Crippen molar-refractivity contribution in [1.29, 1.82) is 0 Å². The van der Waals surface area contributed by atoms with Crippen LogP contribution in [0.5, 0.6) is 0 Å². The van der Waals surface area contributed by atoms with Crippen LogP contribution in [0.15, 0.2) is 24.3 Å². The van der Waals surface area contributed by atoms with Gasteiger partial charge in [0.15, 0.2) is 0 Å². The molecule has 0 saturated heterocycles. The molecule has 22 heavy (non-hydrogen) atoms. The minimum atomic E-state index is -0.730. The molecule has 0 amide bonds. The Bertz CT molecular complexity index is 459. The molecule has 0 aliphatic heterocycles. The van der Waals surface area contributed by atoms with Gasteiger partial charge in [-0.1, -0.05) is 59.6 Å². The van der Waals surface area contributed by atoms with E-state index >= 15 is 0 Å². The summed E-state index contributed by atoms with van der Waals surface area (Å²) in [6.45, 7) is 12.0. The predicted octanol–water partition coefficient (Wildman–Crippen LogP) is 4.70. The van der Waals surface area contributed by atoms with Crippen molar-refractivity contribution in [2.24, 2.45) is 5.92 Å². The molecule has 1 atom stereocenters. The minimum absolute atomic E-state index is 0.139. The number of carboxylic acids is 1. The Morgan fingerprint density at radius 1 is 1.18 bits per heavy atom. The fraction of sp³-hybridized carbons (Fsp3) is 0.632. The van der Waals surface area contributed by atoms with Crippen molar-refractivity contribution < 1.29 is 9.90 Å². The molecule has 0 aliphatic carbocycles. The van der Waals surface area contributed by atoms with Gasteiger partial charge < -0.3 is 10.0 Å². The Morgan fingerprint density at radius 3 is 2.23 bits per heavy atom. The van der Waals surface area contributed by atoms with Crippen LogP contribution < -0.4 is 4.90 Å². The Labute approximate surface area is 135 Å². The molecule has 1 aromatic carbocycles. The third-order valence-electron chi connectivity index (χ3n) is 4.05. The van der Waals surface area contributed by atoms with E-state index in [9.17, 15) is 9.90 Å². The molecule has 0 heterocycles. The summed E-state index contributed by atoms with van der Waals surface area (Å²) in [5, 5.41) is 9.17. The van der Waals surface area contributed by atoms with Gasteiger partial charge in [-0.15, -0.1) is 0 Å². The van der Waals surface area contributed by atoms with Crippen LogP contribution in [0.1, 0.15) is 59.4 Å². The van der Waals surface area contributed by atoms with Crippen LogP contribution in [0.3, 0.4) is 0 Å². The summed E-state index contributed by atoms with van der Waals surface area (Å²) in [5.41, 5.74) is 2.56. The maximum Gasteiger partial charge on any atom is 0.308 e. The zero-order valence-corrected chi connectivity index (χ0v) is 14.7. The van der Waals surface area contributed by atoms with Crippen LogP contribution in [-0.2, 0) is 10.2 Å². The van der Waals surface area contributed by atoms with Crippen molar-refractivity contribution in [2.45, 2.75) is 59.3 Å². The van der Waals surface area contributed by atoms with Gasteiger partial charge in [0.05, 0.1) is 5.92 Å². The largest absolute Gasteiger partial charge is 0.481 e. The molecular formula is C19H31NO2. The van der Waals surface area contributed by atoms with E-state index in [1.165, 1.54) is 18.4 Å². The third-order valence-corrected chi connectivity index (χ3v) is 4.05. The second kappa shape index (κ2) is 8.21. The van der Waals surface area contributed by atoms with E-state index in [4.69, 9.17) is 0 Å². The molecule has 0 aromatic heterocycles. The highest BCUT2D eigenvalue weighted by molar-refractivity contribution is 5.70. The van der Waals surface area contributed by atoms with Gasteiger partial charge >= 0.3 is 5.97 Å². The Morgan fingerprint density at radius 2 is 1.77 bits per heavy atom. The molecule has 1 N–H and O–H groups in total. The highest BCUT2D eigenvalue weighted by Crippen LogP contribution is 2.25. The first kappa shape index (κ1) is 18.5. The molecule has 0 radical (unpaired) electrons. The number of nitrogens with zero attached hydrogens (tertiary/aromatic N) is 1. The first-order chi connectivity index (χ1) is 10.3. The molecule has 124 valence electrons. The normalized spacial score (nSPS) is 13.0. The number of benzene rings is 1. The molecule has 0 fully saturated rings. The molecule has 1 aromatic rings. The second-order valence-electron chi connectivity index (χ2n) is 7.19. The molecule has 1 unspecified atom stereocenters. The Kier molecular flexibility index (Phi) is 6.92. The summed E-state index contributed by atoms with van der Waals surface area (Å²) >= 11 is 0. The number of aliphatic carboxylic acids is 1. The average molecular weight is 305 g/mol. The lowest BCUT2D eigenvalue weighted by Gasteiger charge is -2.28. The fourth-order valence-corrected chi connectivity index (χ4v) is 2.46. The molecule has 0 bridgehead atoms. The van der Waals surface area contributed by atoms with Gasteiger partial charge in [0, 0.05) is 18.8 Å². The van der Waals surface area contributed by atoms with Crippen LogP contribution in [0, 0.1) is 5.92 Å². The zero-order valence-electron chi connectivity index (χ0n) is 14.7. The standard InChI is InChI=1S/C19H31NO2/c1-6-7-8-13-20(14-15(2)18(21)22)17-11-9-16(10-12-17)19(3,4)5/h9-12,15H,6-8,13-14H2,1-5H3,(H,21,22). The van der Waals surface area contributed by atoms with Crippen LogP contribution in [0.25, 0.3) is 0 Å². The van der Waals surface area contributed by atoms with Crippen molar-refractivity contribution in [2.75, 3.05) is 18.0 Å². The molecule has 3 nitrogen and oxygen atoms in total. The third kappa shape index (κ3) is 5.70. The maximum atomic E-state index is 11.2. The molecule has 0 aliphatic rings. The van der Waals surface area contributed by atoms with E-state index in [0.29, 0.717) is 6.54 Å². The average Bonchev–Trinajstić information content (AvgIpc) is 2.45. The van der Waals surface area contributed by atoms with Gasteiger partial charge in [-0.05, 0) is 29.5 Å². The van der Waals surface area contributed by atoms with Gasteiger partial charge in [0.1, 0.15) is 0 Å². The predicted molar refractivity (Wildman–Crippen MR) is 93.7 cm³/mol. The first-order valence-electron chi connectivity index (χ1n) is 8.34. The zero-order chi connectivity index (χ0) is 16.8. The summed E-state index contributed by atoms with van der Waals surface area (Å²) in [6, 6.07) is 8.57. The van der Waals surface area contributed by atoms with Gasteiger partial charge in [-0.25, -0.2) is 0 Å². The first-order valence-corrected chi connectivity index (χ1v) is 8.34. The lowest BCUT2D eigenvalue weighted by Crippen LogP contribution is -2.32.